The molecule has 0 rings (SSSR count). The molecule has 1 amide bonds. The molecular weight excluding hydrogens is 102 g/mol. The third-order valence-electron chi connectivity index (χ3n) is 0.941. The maximum Gasteiger partial charge on any atom is 0.207 e. The minimum Gasteiger partial charge on any atom is -0.350 e. The fourth-order valence-corrected chi connectivity index (χ4v) is 0.211. The molecule has 0 radical (unpaired) electrons. The van der Waals surface area contributed by atoms with Crippen molar-refractivity contribution in [2.75, 3.05) is 0 Å². The monoisotopic (exact) mass is 113 g/mol. The molecule has 0 atom stereocenters. The Morgan fingerprint density at radius 2 is 2.12 bits per heavy atom. The fourth-order valence-electron chi connectivity index (χ4n) is 0.211. The van der Waals surface area contributed by atoms with Crippen LogP contribution in [0, 0.1) is 0 Å². The highest BCUT2D eigenvalue weighted by molar-refractivity contribution is 5.48. The molecule has 0 bridgehead atoms. The third-order valence-corrected chi connectivity index (χ3v) is 0.941. The lowest BCUT2D eigenvalue weighted by Crippen LogP contribution is -2.35. The van der Waals surface area contributed by atoms with Crippen molar-refractivity contribution in [3.05, 3.63) is 12.7 Å². The first-order valence-electron chi connectivity index (χ1n) is 2.47. The van der Waals surface area contributed by atoms with Crippen LogP contribution < -0.4 is 5.32 Å². The van der Waals surface area contributed by atoms with Gasteiger partial charge >= 0.3 is 0 Å². The van der Waals surface area contributed by atoms with Crippen LogP contribution in [0.3, 0.4) is 0 Å². The lowest BCUT2D eigenvalue weighted by atomic mass is 10.1. The Bertz CT molecular complexity index is 96.7. The van der Waals surface area contributed by atoms with Crippen molar-refractivity contribution in [2.24, 2.45) is 0 Å². The summed E-state index contributed by atoms with van der Waals surface area (Å²) in [5, 5.41) is 2.57. The molecule has 1 N–H and O–H groups in total. The lowest BCUT2D eigenvalue weighted by molar-refractivity contribution is -0.110. The molecule has 0 aromatic rings. The molecule has 46 valence electrons. The maximum absolute atomic E-state index is 9.82. The topological polar surface area (TPSA) is 29.1 Å². The predicted octanol–water partition coefficient (Wildman–Crippen LogP) is 0.697. The van der Waals surface area contributed by atoms with Gasteiger partial charge in [-0.1, -0.05) is 6.08 Å². The van der Waals surface area contributed by atoms with E-state index in [9.17, 15) is 4.79 Å². The summed E-state index contributed by atoms with van der Waals surface area (Å²) in [7, 11) is 0. The first kappa shape index (κ1) is 7.21. The first-order valence-corrected chi connectivity index (χ1v) is 2.47. The zero-order chi connectivity index (χ0) is 6.62. The van der Waals surface area contributed by atoms with E-state index < -0.39 is 0 Å². The summed E-state index contributed by atoms with van der Waals surface area (Å²) in [6.07, 6.45) is 2.35. The first-order chi connectivity index (χ1) is 3.62. The van der Waals surface area contributed by atoms with Crippen molar-refractivity contribution in [2.45, 2.75) is 19.4 Å². The van der Waals surface area contributed by atoms with Crippen molar-refractivity contribution in [3.8, 4) is 0 Å². The van der Waals surface area contributed by atoms with Crippen LogP contribution in [0.25, 0.3) is 0 Å². The van der Waals surface area contributed by atoms with Gasteiger partial charge in [0.25, 0.3) is 0 Å². The van der Waals surface area contributed by atoms with Crippen molar-refractivity contribution >= 4 is 6.41 Å². The van der Waals surface area contributed by atoms with Crippen molar-refractivity contribution < 1.29 is 4.79 Å². The van der Waals surface area contributed by atoms with E-state index in [0.29, 0.717) is 6.41 Å². The maximum atomic E-state index is 9.82. The van der Waals surface area contributed by atoms with Gasteiger partial charge in [-0.3, -0.25) is 4.79 Å². The van der Waals surface area contributed by atoms with Crippen LogP contribution in [0.5, 0.6) is 0 Å². The number of hydrogen-bond acceptors (Lipinski definition) is 1. The van der Waals surface area contributed by atoms with Crippen LogP contribution in [-0.4, -0.2) is 11.9 Å². The van der Waals surface area contributed by atoms with Gasteiger partial charge in [0.2, 0.25) is 6.41 Å². The summed E-state index contributed by atoms with van der Waals surface area (Å²) in [5.41, 5.74) is -0.262. The molecule has 0 fully saturated rings. The van der Waals surface area contributed by atoms with Crippen molar-refractivity contribution in [3.63, 3.8) is 0 Å². The van der Waals surface area contributed by atoms with Crippen molar-refractivity contribution in [1.82, 2.24) is 5.32 Å². The molecule has 0 aromatic heterocycles. The van der Waals surface area contributed by atoms with Crippen LogP contribution in [0.1, 0.15) is 13.8 Å². The Morgan fingerprint density at radius 3 is 2.25 bits per heavy atom. The lowest BCUT2D eigenvalue weighted by Gasteiger charge is -2.17. The SMILES string of the molecule is C=CC(C)(C)NC=O. The predicted molar refractivity (Wildman–Crippen MR) is 33.5 cm³/mol. The normalized spacial score (nSPS) is 10.2. The molecular formula is C6H11NO. The fraction of sp³-hybridized carbons (Fsp3) is 0.500. The van der Waals surface area contributed by atoms with E-state index in [2.05, 4.69) is 11.9 Å². The molecule has 0 aliphatic rings. The molecule has 2 nitrogen and oxygen atoms in total. The van der Waals surface area contributed by atoms with Gasteiger partial charge in [0.15, 0.2) is 0 Å². The minimum atomic E-state index is -0.262. The molecule has 0 heterocycles. The zero-order valence-electron chi connectivity index (χ0n) is 5.27. The Morgan fingerprint density at radius 1 is 1.62 bits per heavy atom. The molecule has 0 unspecified atom stereocenters. The number of rotatable bonds is 3. The highest BCUT2D eigenvalue weighted by atomic mass is 16.1. The van der Waals surface area contributed by atoms with Gasteiger partial charge in [-0.25, -0.2) is 0 Å². The Balaban J connectivity index is 3.70. The quantitative estimate of drug-likeness (QED) is 0.423. The van der Waals surface area contributed by atoms with Gasteiger partial charge in [-0.05, 0) is 13.8 Å². The summed E-state index contributed by atoms with van der Waals surface area (Å²) < 4.78 is 0. The molecule has 0 aromatic carbocycles. The van der Waals surface area contributed by atoms with E-state index in [4.69, 9.17) is 0 Å². The van der Waals surface area contributed by atoms with Crippen LogP contribution in [-0.2, 0) is 4.79 Å². The summed E-state index contributed by atoms with van der Waals surface area (Å²) >= 11 is 0. The molecule has 0 spiro atoms. The van der Waals surface area contributed by atoms with E-state index in [-0.39, 0.29) is 5.54 Å². The second-order valence-corrected chi connectivity index (χ2v) is 2.19. The van der Waals surface area contributed by atoms with Gasteiger partial charge in [-0.2, -0.15) is 0 Å². The molecule has 0 aliphatic heterocycles. The average molecular weight is 113 g/mol. The standard InChI is InChI=1S/C6H11NO/c1-4-6(2,3)7-5-8/h4-5H,1H2,2-3H3,(H,7,8). The largest absolute Gasteiger partial charge is 0.350 e. The molecule has 8 heavy (non-hydrogen) atoms. The van der Waals surface area contributed by atoms with E-state index >= 15 is 0 Å². The van der Waals surface area contributed by atoms with Gasteiger partial charge < -0.3 is 5.32 Å². The van der Waals surface area contributed by atoms with Gasteiger partial charge in [0, 0.05) is 0 Å². The molecule has 0 saturated carbocycles. The van der Waals surface area contributed by atoms with Crippen LogP contribution in [0.4, 0.5) is 0 Å². The highest BCUT2D eigenvalue weighted by Crippen LogP contribution is 1.98. The Kier molecular flexibility index (Phi) is 2.25. The highest BCUT2D eigenvalue weighted by Gasteiger charge is 2.08. The molecule has 0 saturated heterocycles. The molecule has 2 heteroatoms. The van der Waals surface area contributed by atoms with Crippen LogP contribution in [0.2, 0.25) is 0 Å². The second-order valence-electron chi connectivity index (χ2n) is 2.19. The zero-order valence-corrected chi connectivity index (χ0v) is 5.27. The number of hydrogen-bond donors (Lipinski definition) is 1. The van der Waals surface area contributed by atoms with Crippen molar-refractivity contribution in [1.29, 1.82) is 0 Å². The second kappa shape index (κ2) is 2.50. The third kappa shape index (κ3) is 2.39. The van der Waals surface area contributed by atoms with E-state index in [0.717, 1.165) is 0 Å². The number of carbonyl (C=O) groups excluding carboxylic acids is 1. The van der Waals surface area contributed by atoms with E-state index in [1.165, 1.54) is 0 Å². The number of carbonyl (C=O) groups is 1. The minimum absolute atomic E-state index is 0.262. The smallest absolute Gasteiger partial charge is 0.207 e. The summed E-state index contributed by atoms with van der Waals surface area (Å²) in [6.45, 7) is 7.27. The van der Waals surface area contributed by atoms with E-state index in [1.54, 1.807) is 6.08 Å². The summed E-state index contributed by atoms with van der Waals surface area (Å²) in [5.74, 6) is 0. The average Bonchev–Trinajstić information content (AvgIpc) is 1.67. The Labute approximate surface area is 49.6 Å². The van der Waals surface area contributed by atoms with Gasteiger partial charge in [0.05, 0.1) is 5.54 Å². The Hall–Kier alpha value is -0.790. The number of nitrogens with one attached hydrogen (secondary N) is 1. The number of amides is 1. The van der Waals surface area contributed by atoms with Gasteiger partial charge in [0.1, 0.15) is 0 Å². The van der Waals surface area contributed by atoms with Gasteiger partial charge in [-0.15, -0.1) is 6.58 Å². The van der Waals surface area contributed by atoms with Crippen LogP contribution >= 0.6 is 0 Å². The molecule has 0 aliphatic carbocycles. The van der Waals surface area contributed by atoms with E-state index in [1.807, 2.05) is 13.8 Å². The summed E-state index contributed by atoms with van der Waals surface area (Å²) in [6, 6.07) is 0. The summed E-state index contributed by atoms with van der Waals surface area (Å²) in [4.78, 5) is 9.82. The van der Waals surface area contributed by atoms with Crippen LogP contribution in [0.15, 0.2) is 12.7 Å².